The first kappa shape index (κ1) is 26.4. The first-order chi connectivity index (χ1) is 15.3. The third kappa shape index (κ3) is 9.26. The van der Waals surface area contributed by atoms with E-state index in [4.69, 9.17) is 4.74 Å². The molecule has 0 radical (unpaired) electrons. The summed E-state index contributed by atoms with van der Waals surface area (Å²) < 4.78 is 30.6. The molecule has 0 saturated heterocycles. The molecule has 0 bridgehead atoms. The average molecular weight is 475 g/mol. The molecule has 2 aromatic rings. The fourth-order valence-electron chi connectivity index (χ4n) is 3.15. The highest BCUT2D eigenvalue weighted by atomic mass is 32.2. The Morgan fingerprint density at radius 1 is 1.00 bits per heavy atom. The molecule has 0 heterocycles. The van der Waals surface area contributed by atoms with E-state index in [0.717, 1.165) is 17.4 Å². The van der Waals surface area contributed by atoms with Crippen molar-refractivity contribution in [3.8, 4) is 0 Å². The van der Waals surface area contributed by atoms with Crippen LogP contribution in [0.4, 0.5) is 5.69 Å². The number of amides is 1. The fraction of sp³-hybridized carbons (Fsp3) is 0.440. The van der Waals surface area contributed by atoms with Crippen LogP contribution < -0.4 is 10.0 Å². The summed E-state index contributed by atoms with van der Waals surface area (Å²) in [5.74, 6) is -0.926. The largest absolute Gasteiger partial charge is 0.465 e. The van der Waals surface area contributed by atoms with Gasteiger partial charge in [0.2, 0.25) is 15.9 Å². The van der Waals surface area contributed by atoms with Gasteiger partial charge in [-0.15, -0.1) is 0 Å². The van der Waals surface area contributed by atoms with Crippen LogP contribution in [0.25, 0.3) is 0 Å². The minimum Gasteiger partial charge on any atom is -0.465 e. The van der Waals surface area contributed by atoms with Gasteiger partial charge in [0.05, 0.1) is 24.2 Å². The van der Waals surface area contributed by atoms with Crippen molar-refractivity contribution in [2.24, 2.45) is 11.3 Å². The van der Waals surface area contributed by atoms with Gasteiger partial charge in [0.25, 0.3) is 0 Å². The average Bonchev–Trinajstić information content (AvgIpc) is 2.74. The van der Waals surface area contributed by atoms with Crippen LogP contribution in [-0.4, -0.2) is 39.7 Å². The van der Waals surface area contributed by atoms with Crippen molar-refractivity contribution in [3.63, 3.8) is 0 Å². The predicted molar refractivity (Wildman–Crippen MR) is 130 cm³/mol. The monoisotopic (exact) mass is 474 g/mol. The molecule has 2 atom stereocenters. The van der Waals surface area contributed by atoms with Crippen molar-refractivity contribution in [3.05, 3.63) is 65.7 Å². The molecule has 0 fully saturated rings. The van der Waals surface area contributed by atoms with Crippen LogP contribution in [0.2, 0.25) is 0 Å². The standard InChI is InChI=1S/C25H34N2O5S/c1-18(21-11-13-22(14-12-21)27-33(5,30)31)23(28)26-16-20(15-19-9-7-6-8-10-19)17-32-24(29)25(2,3)4/h6-14,18,20,27H,15-17H2,1-5H3,(H,26,28). The van der Waals surface area contributed by atoms with Gasteiger partial charge in [-0.3, -0.25) is 14.3 Å². The molecule has 2 N–H and O–H groups in total. The van der Waals surface area contributed by atoms with E-state index in [1.54, 1.807) is 31.2 Å². The van der Waals surface area contributed by atoms with Crippen molar-refractivity contribution in [1.82, 2.24) is 5.32 Å². The van der Waals surface area contributed by atoms with Gasteiger partial charge < -0.3 is 10.1 Å². The quantitative estimate of drug-likeness (QED) is 0.511. The van der Waals surface area contributed by atoms with Gasteiger partial charge in [-0.25, -0.2) is 8.42 Å². The molecule has 0 aromatic heterocycles. The molecule has 0 spiro atoms. The number of hydrogen-bond donors (Lipinski definition) is 2. The van der Waals surface area contributed by atoms with Gasteiger partial charge in [-0.1, -0.05) is 42.5 Å². The molecule has 2 aromatic carbocycles. The predicted octanol–water partition coefficient (Wildman–Crippen LogP) is 3.73. The van der Waals surface area contributed by atoms with Crippen molar-refractivity contribution in [1.29, 1.82) is 0 Å². The van der Waals surface area contributed by atoms with E-state index < -0.39 is 21.4 Å². The van der Waals surface area contributed by atoms with Gasteiger partial charge in [-0.2, -0.15) is 0 Å². The molecule has 33 heavy (non-hydrogen) atoms. The maximum absolute atomic E-state index is 12.8. The SMILES string of the molecule is CC(C(=O)NCC(COC(=O)C(C)(C)C)Cc1ccccc1)c1ccc(NS(C)(=O)=O)cc1. The number of anilines is 1. The lowest BCUT2D eigenvalue weighted by Gasteiger charge is -2.22. The first-order valence-electron chi connectivity index (χ1n) is 10.9. The second-order valence-electron chi connectivity index (χ2n) is 9.37. The maximum atomic E-state index is 12.8. The lowest BCUT2D eigenvalue weighted by molar-refractivity contribution is -0.154. The van der Waals surface area contributed by atoms with Crippen LogP contribution in [-0.2, 0) is 30.8 Å². The Bertz CT molecular complexity index is 1030. The molecule has 1 amide bonds. The summed E-state index contributed by atoms with van der Waals surface area (Å²) in [5, 5.41) is 2.97. The second-order valence-corrected chi connectivity index (χ2v) is 11.1. The summed E-state index contributed by atoms with van der Waals surface area (Å²) in [6.07, 6.45) is 1.75. The van der Waals surface area contributed by atoms with Gasteiger partial charge >= 0.3 is 5.97 Å². The zero-order chi connectivity index (χ0) is 24.6. The highest BCUT2D eigenvalue weighted by Crippen LogP contribution is 2.20. The Morgan fingerprint density at radius 3 is 2.15 bits per heavy atom. The Hall–Kier alpha value is -2.87. The summed E-state index contributed by atoms with van der Waals surface area (Å²) in [6, 6.07) is 16.6. The van der Waals surface area contributed by atoms with Gasteiger partial charge in [0.1, 0.15) is 0 Å². The van der Waals surface area contributed by atoms with Crippen LogP contribution in [0.15, 0.2) is 54.6 Å². The van der Waals surface area contributed by atoms with Crippen LogP contribution in [0.1, 0.15) is 44.7 Å². The van der Waals surface area contributed by atoms with E-state index in [1.165, 1.54) is 0 Å². The number of rotatable bonds is 10. The van der Waals surface area contributed by atoms with E-state index in [-0.39, 0.29) is 24.4 Å². The highest BCUT2D eigenvalue weighted by Gasteiger charge is 2.25. The maximum Gasteiger partial charge on any atom is 0.311 e. The molecule has 180 valence electrons. The van der Waals surface area contributed by atoms with E-state index >= 15 is 0 Å². The lowest BCUT2D eigenvalue weighted by Crippen LogP contribution is -2.36. The van der Waals surface area contributed by atoms with E-state index in [0.29, 0.717) is 18.7 Å². The summed E-state index contributed by atoms with van der Waals surface area (Å²) in [5.41, 5.74) is 1.72. The molecule has 0 aliphatic rings. The molecule has 8 heteroatoms. The van der Waals surface area contributed by atoms with Crippen molar-refractivity contribution in [2.75, 3.05) is 24.1 Å². The topological polar surface area (TPSA) is 102 Å². The molecule has 0 aliphatic heterocycles. The number of carbonyl (C=O) groups is 2. The molecular weight excluding hydrogens is 440 g/mol. The Labute approximate surface area is 197 Å². The number of carbonyl (C=O) groups excluding carboxylic acids is 2. The number of hydrogen-bond acceptors (Lipinski definition) is 5. The molecular formula is C25H34N2O5S. The second kappa shape index (κ2) is 11.3. The number of nitrogens with one attached hydrogen (secondary N) is 2. The molecule has 0 saturated carbocycles. The number of sulfonamides is 1. The third-order valence-electron chi connectivity index (χ3n) is 5.10. The third-order valence-corrected chi connectivity index (χ3v) is 5.71. The van der Waals surface area contributed by atoms with Gasteiger partial charge in [0.15, 0.2) is 0 Å². The Kier molecular flexibility index (Phi) is 9.05. The normalized spacial score (nSPS) is 13.6. The summed E-state index contributed by atoms with van der Waals surface area (Å²) in [4.78, 5) is 25.0. The minimum absolute atomic E-state index is 0.0730. The Balaban J connectivity index is 2.00. The molecule has 2 unspecified atom stereocenters. The van der Waals surface area contributed by atoms with Crippen molar-refractivity contribution in [2.45, 2.75) is 40.0 Å². The number of ether oxygens (including phenoxy) is 1. The summed E-state index contributed by atoms with van der Waals surface area (Å²) in [7, 11) is -3.36. The zero-order valence-corrected chi connectivity index (χ0v) is 20.7. The minimum atomic E-state index is -3.36. The van der Waals surface area contributed by atoms with Crippen LogP contribution in [0.3, 0.4) is 0 Å². The molecule has 2 rings (SSSR count). The molecule has 7 nitrogen and oxygen atoms in total. The van der Waals surface area contributed by atoms with Crippen LogP contribution >= 0.6 is 0 Å². The highest BCUT2D eigenvalue weighted by molar-refractivity contribution is 7.92. The number of benzene rings is 2. The Morgan fingerprint density at radius 2 is 1.61 bits per heavy atom. The zero-order valence-electron chi connectivity index (χ0n) is 19.9. The van der Waals surface area contributed by atoms with Crippen molar-refractivity contribution >= 4 is 27.6 Å². The van der Waals surface area contributed by atoms with E-state index in [2.05, 4.69) is 10.0 Å². The summed E-state index contributed by atoms with van der Waals surface area (Å²) in [6.45, 7) is 7.79. The van der Waals surface area contributed by atoms with Gasteiger partial charge in [-0.05, 0) is 57.4 Å². The van der Waals surface area contributed by atoms with E-state index in [9.17, 15) is 18.0 Å². The van der Waals surface area contributed by atoms with Gasteiger partial charge in [0, 0.05) is 18.2 Å². The summed E-state index contributed by atoms with van der Waals surface area (Å²) >= 11 is 0. The van der Waals surface area contributed by atoms with E-state index in [1.807, 2.05) is 51.1 Å². The lowest BCUT2D eigenvalue weighted by atomic mass is 9.96. The smallest absolute Gasteiger partial charge is 0.311 e. The van der Waals surface area contributed by atoms with Crippen LogP contribution in [0, 0.1) is 11.3 Å². The van der Waals surface area contributed by atoms with Crippen LogP contribution in [0.5, 0.6) is 0 Å². The first-order valence-corrected chi connectivity index (χ1v) is 12.8. The number of esters is 1. The molecule has 0 aliphatic carbocycles. The van der Waals surface area contributed by atoms with Crippen molar-refractivity contribution < 1.29 is 22.7 Å². The fourth-order valence-corrected chi connectivity index (χ4v) is 3.72.